The predicted octanol–water partition coefficient (Wildman–Crippen LogP) is 18.5. The topological polar surface area (TPSA) is 78.9 Å². The van der Waals surface area contributed by atoms with Gasteiger partial charge < -0.3 is 14.2 Å². The Balaban J connectivity index is 4.29. The van der Waals surface area contributed by atoms with E-state index in [4.69, 9.17) is 14.2 Å². The van der Waals surface area contributed by atoms with Gasteiger partial charge in [0.2, 0.25) is 0 Å². The molecule has 0 saturated carbocycles. The zero-order valence-corrected chi connectivity index (χ0v) is 43.2. The minimum atomic E-state index is -0.762. The van der Waals surface area contributed by atoms with Crippen LogP contribution in [0, 0.1) is 11.8 Å². The number of hydrogen-bond donors (Lipinski definition) is 0. The van der Waals surface area contributed by atoms with Gasteiger partial charge in [0.05, 0.1) is 0 Å². The lowest BCUT2D eigenvalue weighted by molar-refractivity contribution is -0.167. The molecular formula is C57H110O6. The molecule has 0 rings (SSSR count). The van der Waals surface area contributed by atoms with Gasteiger partial charge >= 0.3 is 17.9 Å². The van der Waals surface area contributed by atoms with Gasteiger partial charge in [-0.15, -0.1) is 0 Å². The van der Waals surface area contributed by atoms with E-state index in [1.807, 2.05) is 0 Å². The summed E-state index contributed by atoms with van der Waals surface area (Å²) in [7, 11) is 0. The van der Waals surface area contributed by atoms with Crippen molar-refractivity contribution in [2.75, 3.05) is 13.2 Å². The van der Waals surface area contributed by atoms with Crippen LogP contribution in [0.4, 0.5) is 0 Å². The largest absolute Gasteiger partial charge is 0.462 e. The maximum Gasteiger partial charge on any atom is 0.306 e. The molecule has 0 aliphatic carbocycles. The zero-order valence-electron chi connectivity index (χ0n) is 43.2. The number of hydrogen-bond acceptors (Lipinski definition) is 6. The molecule has 63 heavy (non-hydrogen) atoms. The third kappa shape index (κ3) is 51.3. The summed E-state index contributed by atoms with van der Waals surface area (Å²) < 4.78 is 16.9. The maximum atomic E-state index is 12.8. The van der Waals surface area contributed by atoms with Crippen LogP contribution in [0.5, 0.6) is 0 Å². The molecule has 0 aromatic carbocycles. The van der Waals surface area contributed by atoms with E-state index in [1.165, 1.54) is 205 Å². The fourth-order valence-corrected chi connectivity index (χ4v) is 8.70. The van der Waals surface area contributed by atoms with Crippen molar-refractivity contribution < 1.29 is 28.6 Å². The highest BCUT2D eigenvalue weighted by atomic mass is 16.6. The SMILES string of the molecule is CCCCCCCCCCCCCCCCCCCC(=O)OC[C@@H](COC(=O)CCCCCCCCCCCC(C)C)OC(=O)CCCCCCCCCCCCCCCC(C)C. The lowest BCUT2D eigenvalue weighted by atomic mass is 10.0. The molecule has 0 N–H and O–H groups in total. The van der Waals surface area contributed by atoms with Crippen LogP contribution in [0.1, 0.15) is 317 Å². The first-order valence-corrected chi connectivity index (χ1v) is 28.2. The van der Waals surface area contributed by atoms with E-state index in [0.29, 0.717) is 19.3 Å². The Hall–Kier alpha value is -1.59. The summed E-state index contributed by atoms with van der Waals surface area (Å²) >= 11 is 0. The Morgan fingerprint density at radius 3 is 0.778 bits per heavy atom. The summed E-state index contributed by atoms with van der Waals surface area (Å²) in [5, 5.41) is 0. The van der Waals surface area contributed by atoms with E-state index in [0.717, 1.165) is 69.6 Å². The van der Waals surface area contributed by atoms with Crippen LogP contribution in [0.25, 0.3) is 0 Å². The average Bonchev–Trinajstić information content (AvgIpc) is 3.25. The van der Waals surface area contributed by atoms with Gasteiger partial charge in [0.15, 0.2) is 6.10 Å². The summed E-state index contributed by atoms with van der Waals surface area (Å²) in [5.41, 5.74) is 0. The fraction of sp³-hybridized carbons (Fsp3) is 0.947. The van der Waals surface area contributed by atoms with Gasteiger partial charge in [0.25, 0.3) is 0 Å². The first-order valence-electron chi connectivity index (χ1n) is 28.2. The molecule has 0 saturated heterocycles. The van der Waals surface area contributed by atoms with Gasteiger partial charge in [-0.3, -0.25) is 14.4 Å². The number of carbonyl (C=O) groups is 3. The number of unbranched alkanes of at least 4 members (excludes halogenated alkanes) is 36. The monoisotopic (exact) mass is 891 g/mol. The first kappa shape index (κ1) is 61.4. The van der Waals surface area contributed by atoms with Gasteiger partial charge in [-0.05, 0) is 31.1 Å². The van der Waals surface area contributed by atoms with E-state index in [1.54, 1.807) is 0 Å². The molecule has 6 heteroatoms. The normalized spacial score (nSPS) is 12.0. The molecule has 0 aromatic rings. The lowest BCUT2D eigenvalue weighted by Crippen LogP contribution is -2.30. The van der Waals surface area contributed by atoms with Crippen molar-refractivity contribution >= 4 is 17.9 Å². The Kier molecular flexibility index (Phi) is 48.6. The lowest BCUT2D eigenvalue weighted by Gasteiger charge is -2.18. The highest BCUT2D eigenvalue weighted by Gasteiger charge is 2.19. The first-order chi connectivity index (χ1) is 30.7. The van der Waals surface area contributed by atoms with Gasteiger partial charge in [-0.1, -0.05) is 279 Å². The molecule has 374 valence electrons. The highest BCUT2D eigenvalue weighted by Crippen LogP contribution is 2.18. The number of ether oxygens (including phenoxy) is 3. The number of carbonyl (C=O) groups excluding carboxylic acids is 3. The summed E-state index contributed by atoms with van der Waals surface area (Å²) in [6.45, 7) is 11.4. The van der Waals surface area contributed by atoms with E-state index < -0.39 is 6.10 Å². The summed E-state index contributed by atoms with van der Waals surface area (Å²) in [6.07, 6.45) is 52.4. The second kappa shape index (κ2) is 49.8. The van der Waals surface area contributed by atoms with Gasteiger partial charge in [-0.2, -0.15) is 0 Å². The second-order valence-corrected chi connectivity index (χ2v) is 20.5. The van der Waals surface area contributed by atoms with Gasteiger partial charge in [-0.25, -0.2) is 0 Å². The Labute approximate surface area is 393 Å². The highest BCUT2D eigenvalue weighted by molar-refractivity contribution is 5.71. The van der Waals surface area contributed by atoms with Crippen LogP contribution >= 0.6 is 0 Å². The van der Waals surface area contributed by atoms with Gasteiger partial charge in [0.1, 0.15) is 13.2 Å². The number of esters is 3. The van der Waals surface area contributed by atoms with Crippen molar-refractivity contribution in [2.45, 2.75) is 323 Å². The molecule has 0 aliphatic rings. The summed E-state index contributed by atoms with van der Waals surface area (Å²) in [6, 6.07) is 0. The molecule has 0 fully saturated rings. The van der Waals surface area contributed by atoms with Crippen LogP contribution in [-0.2, 0) is 28.6 Å². The molecule has 0 spiro atoms. The molecule has 0 aliphatic heterocycles. The number of rotatable bonds is 51. The van der Waals surface area contributed by atoms with Crippen LogP contribution in [-0.4, -0.2) is 37.2 Å². The zero-order chi connectivity index (χ0) is 46.1. The van der Waals surface area contributed by atoms with Crippen LogP contribution in [0.2, 0.25) is 0 Å². The van der Waals surface area contributed by atoms with Crippen LogP contribution < -0.4 is 0 Å². The molecule has 6 nitrogen and oxygen atoms in total. The smallest absolute Gasteiger partial charge is 0.306 e. The quantitative estimate of drug-likeness (QED) is 0.0344. The Morgan fingerprint density at radius 2 is 0.524 bits per heavy atom. The minimum absolute atomic E-state index is 0.0631. The van der Waals surface area contributed by atoms with Crippen molar-refractivity contribution in [3.05, 3.63) is 0 Å². The maximum absolute atomic E-state index is 12.8. The van der Waals surface area contributed by atoms with Crippen LogP contribution in [0.15, 0.2) is 0 Å². The third-order valence-corrected chi connectivity index (χ3v) is 13.0. The van der Waals surface area contributed by atoms with Crippen molar-refractivity contribution in [3.8, 4) is 0 Å². The van der Waals surface area contributed by atoms with Crippen molar-refractivity contribution in [3.63, 3.8) is 0 Å². The summed E-state index contributed by atoms with van der Waals surface area (Å²) in [4.78, 5) is 38.1. The van der Waals surface area contributed by atoms with Crippen molar-refractivity contribution in [1.82, 2.24) is 0 Å². The minimum Gasteiger partial charge on any atom is -0.462 e. The molecule has 0 bridgehead atoms. The van der Waals surface area contributed by atoms with Gasteiger partial charge in [0, 0.05) is 19.3 Å². The van der Waals surface area contributed by atoms with E-state index in [2.05, 4.69) is 34.6 Å². The average molecular weight is 892 g/mol. The Bertz CT molecular complexity index is 962. The standard InChI is InChI=1S/C57H110O6/c1-6-7-8-9-10-11-12-13-14-15-16-19-22-27-32-37-42-47-55(58)61-50-54(51-62-56(59)48-43-38-33-29-24-26-31-36-41-46-53(4)5)63-57(60)49-44-39-34-28-23-20-17-18-21-25-30-35-40-45-52(2)3/h52-54H,6-51H2,1-5H3/t54-/m0/s1. The molecule has 0 aromatic heterocycles. The molecule has 0 amide bonds. The molecule has 0 unspecified atom stereocenters. The molecular weight excluding hydrogens is 781 g/mol. The predicted molar refractivity (Wildman–Crippen MR) is 270 cm³/mol. The van der Waals surface area contributed by atoms with E-state index in [9.17, 15) is 14.4 Å². The van der Waals surface area contributed by atoms with E-state index >= 15 is 0 Å². The third-order valence-electron chi connectivity index (χ3n) is 13.0. The Morgan fingerprint density at radius 1 is 0.302 bits per heavy atom. The van der Waals surface area contributed by atoms with Crippen LogP contribution in [0.3, 0.4) is 0 Å². The fourth-order valence-electron chi connectivity index (χ4n) is 8.70. The molecule has 0 heterocycles. The summed E-state index contributed by atoms with van der Waals surface area (Å²) in [5.74, 6) is 0.804. The van der Waals surface area contributed by atoms with E-state index in [-0.39, 0.29) is 31.1 Å². The second-order valence-electron chi connectivity index (χ2n) is 20.5. The molecule has 1 atom stereocenters. The molecule has 0 radical (unpaired) electrons. The van der Waals surface area contributed by atoms with Crippen molar-refractivity contribution in [1.29, 1.82) is 0 Å². The van der Waals surface area contributed by atoms with Crippen molar-refractivity contribution in [2.24, 2.45) is 11.8 Å².